The van der Waals surface area contributed by atoms with Gasteiger partial charge in [0.25, 0.3) is 0 Å². The van der Waals surface area contributed by atoms with Gasteiger partial charge in [-0.3, -0.25) is 9.59 Å². The van der Waals surface area contributed by atoms with Crippen molar-refractivity contribution in [1.82, 2.24) is 10.3 Å². The Morgan fingerprint density at radius 3 is 2.65 bits per heavy atom. The summed E-state index contributed by atoms with van der Waals surface area (Å²) in [7, 11) is 0. The summed E-state index contributed by atoms with van der Waals surface area (Å²) in [6, 6.07) is 0. The highest BCUT2D eigenvalue weighted by Gasteiger charge is 2.35. The van der Waals surface area contributed by atoms with Gasteiger partial charge in [-0.25, -0.2) is 4.98 Å². The summed E-state index contributed by atoms with van der Waals surface area (Å²) in [5.74, 6) is -1.60. The molecule has 1 aromatic heterocycles. The smallest absolute Gasteiger partial charge is 0.318 e. The van der Waals surface area contributed by atoms with Gasteiger partial charge in [-0.15, -0.1) is 11.3 Å². The third-order valence-corrected chi connectivity index (χ3v) is 3.26. The average molecular weight is 256 g/mol. The Hall–Kier alpha value is -1.43. The van der Waals surface area contributed by atoms with Gasteiger partial charge in [0.15, 0.2) is 0 Å². The van der Waals surface area contributed by atoms with Crippen LogP contribution in [0.25, 0.3) is 0 Å². The maximum atomic E-state index is 11.6. The summed E-state index contributed by atoms with van der Waals surface area (Å²) < 4.78 is 0. The van der Waals surface area contributed by atoms with Crippen LogP contribution in [0.15, 0.2) is 5.38 Å². The molecule has 0 atom stereocenters. The van der Waals surface area contributed by atoms with Crippen molar-refractivity contribution in [3.05, 3.63) is 16.1 Å². The van der Waals surface area contributed by atoms with Gasteiger partial charge in [0.2, 0.25) is 5.91 Å². The number of aryl methyl sites for hydroxylation is 1. The Morgan fingerprint density at radius 2 is 2.18 bits per heavy atom. The summed E-state index contributed by atoms with van der Waals surface area (Å²) in [6.07, 6.45) is 0.617. The van der Waals surface area contributed by atoms with E-state index in [4.69, 9.17) is 5.11 Å². The van der Waals surface area contributed by atoms with E-state index in [1.807, 2.05) is 12.3 Å². The number of nitrogens with zero attached hydrogens (tertiary/aromatic N) is 1. The van der Waals surface area contributed by atoms with E-state index in [0.717, 1.165) is 10.7 Å². The van der Waals surface area contributed by atoms with Gasteiger partial charge in [0, 0.05) is 18.3 Å². The molecule has 94 valence electrons. The standard InChI is InChI=1S/C11H16N2O3S/c1-7-13-8(6-17-7)4-5-12-9(14)11(2,3)10(15)16/h6H,4-5H2,1-3H3,(H,12,14)(H,15,16). The minimum absolute atomic E-state index is 0.402. The van der Waals surface area contributed by atoms with E-state index < -0.39 is 17.3 Å². The number of hydrogen-bond donors (Lipinski definition) is 2. The van der Waals surface area contributed by atoms with E-state index >= 15 is 0 Å². The van der Waals surface area contributed by atoms with Crippen molar-refractivity contribution >= 4 is 23.2 Å². The predicted octanol–water partition coefficient (Wildman–Crippen LogP) is 1.22. The van der Waals surface area contributed by atoms with Crippen LogP contribution >= 0.6 is 11.3 Å². The molecule has 0 saturated heterocycles. The minimum atomic E-state index is -1.39. The fraction of sp³-hybridized carbons (Fsp3) is 0.545. The van der Waals surface area contributed by atoms with Crippen molar-refractivity contribution in [2.45, 2.75) is 27.2 Å². The molecule has 6 heteroatoms. The molecule has 0 saturated carbocycles. The molecule has 1 amide bonds. The molecule has 0 fully saturated rings. The molecule has 17 heavy (non-hydrogen) atoms. The fourth-order valence-electron chi connectivity index (χ4n) is 1.15. The third kappa shape index (κ3) is 3.52. The second-order valence-corrected chi connectivity index (χ2v) is 5.36. The number of carbonyl (C=O) groups is 2. The van der Waals surface area contributed by atoms with Crippen LogP contribution in [0.5, 0.6) is 0 Å². The normalized spacial score (nSPS) is 11.2. The average Bonchev–Trinajstić information content (AvgIpc) is 2.63. The lowest BCUT2D eigenvalue weighted by Gasteiger charge is -2.17. The number of hydrogen-bond acceptors (Lipinski definition) is 4. The number of rotatable bonds is 5. The van der Waals surface area contributed by atoms with Gasteiger partial charge in [-0.1, -0.05) is 0 Å². The highest BCUT2D eigenvalue weighted by Crippen LogP contribution is 2.15. The molecule has 0 aromatic carbocycles. The van der Waals surface area contributed by atoms with Gasteiger partial charge in [0.05, 0.1) is 10.7 Å². The highest BCUT2D eigenvalue weighted by molar-refractivity contribution is 7.09. The maximum Gasteiger partial charge on any atom is 0.318 e. The van der Waals surface area contributed by atoms with E-state index in [1.165, 1.54) is 13.8 Å². The lowest BCUT2D eigenvalue weighted by atomic mass is 9.93. The van der Waals surface area contributed by atoms with Crippen LogP contribution in [0.4, 0.5) is 0 Å². The SMILES string of the molecule is Cc1nc(CCNC(=O)C(C)(C)C(=O)O)cs1. The number of nitrogens with one attached hydrogen (secondary N) is 1. The zero-order valence-corrected chi connectivity index (χ0v) is 10.9. The second kappa shape index (κ2) is 5.27. The number of carboxylic acids is 1. The predicted molar refractivity (Wildman–Crippen MR) is 65.0 cm³/mol. The summed E-state index contributed by atoms with van der Waals surface area (Å²) in [4.78, 5) is 26.7. The molecular formula is C11H16N2O3S. The quantitative estimate of drug-likeness (QED) is 0.776. The monoisotopic (exact) mass is 256 g/mol. The van der Waals surface area contributed by atoms with Crippen molar-refractivity contribution in [2.75, 3.05) is 6.54 Å². The summed E-state index contributed by atoms with van der Waals surface area (Å²) in [5, 5.41) is 14.4. The van der Waals surface area contributed by atoms with Gasteiger partial charge in [0.1, 0.15) is 5.41 Å². The Labute approximate surface area is 104 Å². The van der Waals surface area contributed by atoms with Crippen LogP contribution in [0.1, 0.15) is 24.5 Å². The zero-order valence-electron chi connectivity index (χ0n) is 10.1. The van der Waals surface area contributed by atoms with Crippen molar-refractivity contribution in [1.29, 1.82) is 0 Å². The Bertz CT molecular complexity index is 426. The highest BCUT2D eigenvalue weighted by atomic mass is 32.1. The first kappa shape index (κ1) is 13.6. The molecule has 0 radical (unpaired) electrons. The van der Waals surface area contributed by atoms with Crippen LogP contribution in [0.3, 0.4) is 0 Å². The molecule has 0 spiro atoms. The number of amides is 1. The molecular weight excluding hydrogens is 240 g/mol. The molecule has 1 aromatic rings. The minimum Gasteiger partial charge on any atom is -0.480 e. The van der Waals surface area contributed by atoms with Crippen LogP contribution in [0, 0.1) is 12.3 Å². The molecule has 5 nitrogen and oxygen atoms in total. The van der Waals surface area contributed by atoms with Crippen molar-refractivity contribution in [3.8, 4) is 0 Å². The van der Waals surface area contributed by atoms with Crippen LogP contribution < -0.4 is 5.32 Å². The van der Waals surface area contributed by atoms with Gasteiger partial charge in [-0.2, -0.15) is 0 Å². The van der Waals surface area contributed by atoms with Crippen LogP contribution in [-0.2, 0) is 16.0 Å². The van der Waals surface area contributed by atoms with Crippen molar-refractivity contribution in [2.24, 2.45) is 5.41 Å². The van der Waals surface area contributed by atoms with Crippen LogP contribution in [-0.4, -0.2) is 28.5 Å². The molecule has 0 aliphatic rings. The van der Waals surface area contributed by atoms with Crippen molar-refractivity contribution in [3.63, 3.8) is 0 Å². The van der Waals surface area contributed by atoms with E-state index in [0.29, 0.717) is 13.0 Å². The first-order chi connectivity index (χ1) is 7.84. The first-order valence-corrected chi connectivity index (χ1v) is 6.14. The molecule has 1 heterocycles. The lowest BCUT2D eigenvalue weighted by Crippen LogP contribution is -2.43. The Kier molecular flexibility index (Phi) is 4.22. The third-order valence-electron chi connectivity index (χ3n) is 2.44. The summed E-state index contributed by atoms with van der Waals surface area (Å²) in [5.41, 5.74) is -0.473. The number of carboxylic acid groups (broad SMARTS) is 1. The molecule has 0 unspecified atom stereocenters. The number of aliphatic carboxylic acids is 1. The number of aromatic nitrogens is 1. The van der Waals surface area contributed by atoms with Gasteiger partial charge < -0.3 is 10.4 Å². The van der Waals surface area contributed by atoms with E-state index in [1.54, 1.807) is 11.3 Å². The molecule has 0 aliphatic carbocycles. The molecule has 0 bridgehead atoms. The van der Waals surface area contributed by atoms with E-state index in [9.17, 15) is 9.59 Å². The molecule has 1 rings (SSSR count). The fourth-order valence-corrected chi connectivity index (χ4v) is 1.79. The van der Waals surface area contributed by atoms with Crippen LogP contribution in [0.2, 0.25) is 0 Å². The zero-order chi connectivity index (χ0) is 13.1. The summed E-state index contributed by atoms with van der Waals surface area (Å²) in [6.45, 7) is 5.09. The molecule has 0 aliphatic heterocycles. The topological polar surface area (TPSA) is 79.3 Å². The van der Waals surface area contributed by atoms with E-state index in [2.05, 4.69) is 10.3 Å². The largest absolute Gasteiger partial charge is 0.480 e. The summed E-state index contributed by atoms with van der Waals surface area (Å²) >= 11 is 1.56. The number of carbonyl (C=O) groups excluding carboxylic acids is 1. The van der Waals surface area contributed by atoms with Crippen molar-refractivity contribution < 1.29 is 14.7 Å². The Balaban J connectivity index is 2.42. The first-order valence-electron chi connectivity index (χ1n) is 5.26. The molecule has 2 N–H and O–H groups in total. The number of thiazole rings is 1. The van der Waals surface area contributed by atoms with Gasteiger partial charge >= 0.3 is 5.97 Å². The maximum absolute atomic E-state index is 11.6. The van der Waals surface area contributed by atoms with E-state index in [-0.39, 0.29) is 0 Å². The second-order valence-electron chi connectivity index (χ2n) is 4.29. The Morgan fingerprint density at radius 1 is 1.53 bits per heavy atom. The lowest BCUT2D eigenvalue weighted by molar-refractivity contribution is -0.153. The van der Waals surface area contributed by atoms with Gasteiger partial charge in [-0.05, 0) is 20.8 Å².